The molecule has 0 saturated heterocycles. The molecule has 0 radical (unpaired) electrons. The van der Waals surface area contributed by atoms with E-state index in [0.29, 0.717) is 12.0 Å². The Morgan fingerprint density at radius 1 is 1.21 bits per heavy atom. The minimum Gasteiger partial charge on any atom is -0.490 e. The van der Waals surface area contributed by atoms with E-state index in [2.05, 4.69) is 39.0 Å². The normalized spacial score (nSPS) is 16.0. The molecule has 0 amide bonds. The summed E-state index contributed by atoms with van der Waals surface area (Å²) in [5.41, 5.74) is 2.67. The Balaban J connectivity index is 2.21. The summed E-state index contributed by atoms with van der Waals surface area (Å²) in [5, 5.41) is 0. The molecule has 1 aliphatic rings. The van der Waals surface area contributed by atoms with Crippen LogP contribution in [0.5, 0.6) is 5.75 Å². The van der Waals surface area contributed by atoms with Gasteiger partial charge in [0.25, 0.3) is 0 Å². The first-order chi connectivity index (χ1) is 6.65. The van der Waals surface area contributed by atoms with Gasteiger partial charge >= 0.3 is 0 Å². The molecule has 14 heavy (non-hydrogen) atoms. The van der Waals surface area contributed by atoms with Gasteiger partial charge in [-0.05, 0) is 48.9 Å². The summed E-state index contributed by atoms with van der Waals surface area (Å²) in [4.78, 5) is 0. The van der Waals surface area contributed by atoms with Crippen molar-refractivity contribution in [3.8, 4) is 5.75 Å². The van der Waals surface area contributed by atoms with Crippen molar-refractivity contribution in [2.24, 2.45) is 0 Å². The highest BCUT2D eigenvalue weighted by molar-refractivity contribution is 5.35. The van der Waals surface area contributed by atoms with E-state index in [1.807, 2.05) is 0 Å². The van der Waals surface area contributed by atoms with Crippen LogP contribution in [0.1, 0.15) is 43.7 Å². The molecule has 0 aromatic heterocycles. The highest BCUT2D eigenvalue weighted by atomic mass is 16.5. The third-order valence-electron chi connectivity index (χ3n) is 2.57. The number of hydrogen-bond acceptors (Lipinski definition) is 1. The highest BCUT2D eigenvalue weighted by Gasteiger charge is 2.23. The molecule has 76 valence electrons. The van der Waals surface area contributed by atoms with Crippen LogP contribution in [0.25, 0.3) is 0 Å². The Labute approximate surface area is 86.1 Å². The first-order valence-electron chi connectivity index (χ1n) is 5.43. The fourth-order valence-corrected chi connectivity index (χ4v) is 1.56. The van der Waals surface area contributed by atoms with E-state index < -0.39 is 0 Å². The van der Waals surface area contributed by atoms with Crippen molar-refractivity contribution < 1.29 is 4.74 Å². The van der Waals surface area contributed by atoms with E-state index in [-0.39, 0.29) is 0 Å². The number of rotatable bonds is 3. The van der Waals surface area contributed by atoms with Crippen LogP contribution in [0.2, 0.25) is 0 Å². The first kappa shape index (κ1) is 9.57. The van der Waals surface area contributed by atoms with Crippen LogP contribution >= 0.6 is 0 Å². The fourth-order valence-electron chi connectivity index (χ4n) is 1.56. The minimum absolute atomic E-state index is 0.497. The van der Waals surface area contributed by atoms with Crippen molar-refractivity contribution >= 4 is 0 Å². The summed E-state index contributed by atoms with van der Waals surface area (Å²) >= 11 is 0. The average Bonchev–Trinajstić information content (AvgIpc) is 2.87. The van der Waals surface area contributed by atoms with Crippen LogP contribution in [0.3, 0.4) is 0 Å². The smallest absolute Gasteiger partial charge is 0.120 e. The summed E-state index contributed by atoms with van der Waals surface area (Å²) in [7, 11) is 0. The third-order valence-corrected chi connectivity index (χ3v) is 2.57. The second kappa shape index (κ2) is 3.64. The maximum atomic E-state index is 5.80. The zero-order chi connectivity index (χ0) is 10.1. The lowest BCUT2D eigenvalue weighted by molar-refractivity contribution is 0.302. The molecule has 2 rings (SSSR count). The predicted molar refractivity (Wildman–Crippen MR) is 58.9 cm³/mol. The van der Waals surface area contributed by atoms with E-state index in [0.717, 1.165) is 5.75 Å². The predicted octanol–water partition coefficient (Wildman–Crippen LogP) is 3.66. The van der Waals surface area contributed by atoms with Crippen molar-refractivity contribution in [2.45, 2.75) is 45.6 Å². The Kier molecular flexibility index (Phi) is 2.49. The van der Waals surface area contributed by atoms with Gasteiger partial charge in [0.15, 0.2) is 0 Å². The van der Waals surface area contributed by atoms with E-state index in [1.54, 1.807) is 0 Å². The maximum absolute atomic E-state index is 5.80. The first-order valence-corrected chi connectivity index (χ1v) is 5.43. The molecular formula is C13H18O. The van der Waals surface area contributed by atoms with Crippen molar-refractivity contribution in [3.63, 3.8) is 0 Å². The van der Waals surface area contributed by atoms with Gasteiger partial charge in [0.05, 0.1) is 6.10 Å². The second-order valence-corrected chi connectivity index (χ2v) is 4.55. The molecule has 0 spiro atoms. The number of ether oxygens (including phenoxy) is 1. The molecule has 1 saturated carbocycles. The van der Waals surface area contributed by atoms with Gasteiger partial charge < -0.3 is 4.74 Å². The van der Waals surface area contributed by atoms with Crippen molar-refractivity contribution in [3.05, 3.63) is 29.3 Å². The van der Waals surface area contributed by atoms with Crippen LogP contribution in [0.15, 0.2) is 18.2 Å². The Bertz CT molecular complexity index is 324. The summed E-state index contributed by atoms with van der Waals surface area (Å²) in [6, 6.07) is 6.55. The van der Waals surface area contributed by atoms with Crippen LogP contribution in [0.4, 0.5) is 0 Å². The second-order valence-electron chi connectivity index (χ2n) is 4.55. The van der Waals surface area contributed by atoms with Crippen molar-refractivity contribution in [1.29, 1.82) is 0 Å². The Morgan fingerprint density at radius 3 is 2.50 bits per heavy atom. The van der Waals surface area contributed by atoms with Gasteiger partial charge in [0, 0.05) is 0 Å². The summed E-state index contributed by atoms with van der Waals surface area (Å²) in [6.07, 6.45) is 2.95. The number of benzene rings is 1. The maximum Gasteiger partial charge on any atom is 0.120 e. The highest BCUT2D eigenvalue weighted by Crippen LogP contribution is 2.29. The van der Waals surface area contributed by atoms with Crippen molar-refractivity contribution in [2.75, 3.05) is 0 Å². The SMILES string of the molecule is Cc1cc(OC2CC2)cc(C(C)C)c1. The lowest BCUT2D eigenvalue weighted by atomic mass is 10.0. The minimum atomic E-state index is 0.497. The number of hydrogen-bond donors (Lipinski definition) is 0. The average molecular weight is 190 g/mol. The molecule has 0 N–H and O–H groups in total. The largest absolute Gasteiger partial charge is 0.490 e. The van der Waals surface area contributed by atoms with E-state index in [4.69, 9.17) is 4.74 Å². The van der Waals surface area contributed by atoms with Crippen molar-refractivity contribution in [1.82, 2.24) is 0 Å². The fraction of sp³-hybridized carbons (Fsp3) is 0.538. The molecule has 0 bridgehead atoms. The number of aryl methyl sites for hydroxylation is 1. The molecule has 1 aromatic carbocycles. The summed E-state index contributed by atoms with van der Waals surface area (Å²) in [6.45, 7) is 6.57. The van der Waals surface area contributed by atoms with Crippen LogP contribution in [-0.2, 0) is 0 Å². The van der Waals surface area contributed by atoms with Crippen LogP contribution < -0.4 is 4.74 Å². The molecule has 1 nitrogen and oxygen atoms in total. The molecule has 0 atom stereocenters. The molecule has 1 aliphatic carbocycles. The molecular weight excluding hydrogens is 172 g/mol. The van der Waals surface area contributed by atoms with Gasteiger partial charge in [-0.25, -0.2) is 0 Å². The molecule has 1 heteroatoms. The Hall–Kier alpha value is -0.980. The van der Waals surface area contributed by atoms with Crippen LogP contribution in [0, 0.1) is 6.92 Å². The Morgan fingerprint density at radius 2 is 1.93 bits per heavy atom. The molecule has 1 aromatic rings. The summed E-state index contributed by atoms with van der Waals surface area (Å²) in [5.74, 6) is 1.63. The third kappa shape index (κ3) is 2.28. The van der Waals surface area contributed by atoms with Gasteiger partial charge in [-0.15, -0.1) is 0 Å². The van der Waals surface area contributed by atoms with Gasteiger partial charge in [0.1, 0.15) is 5.75 Å². The quantitative estimate of drug-likeness (QED) is 0.706. The topological polar surface area (TPSA) is 9.23 Å². The van der Waals surface area contributed by atoms with Gasteiger partial charge in [-0.2, -0.15) is 0 Å². The van der Waals surface area contributed by atoms with E-state index in [1.165, 1.54) is 24.0 Å². The molecule has 0 unspecified atom stereocenters. The van der Waals surface area contributed by atoms with E-state index in [9.17, 15) is 0 Å². The van der Waals surface area contributed by atoms with E-state index >= 15 is 0 Å². The standard InChI is InChI=1S/C13H18O/c1-9(2)11-6-10(3)7-13(8-11)14-12-4-5-12/h6-9,12H,4-5H2,1-3H3. The zero-order valence-corrected chi connectivity index (χ0v) is 9.21. The molecule has 0 aliphatic heterocycles. The monoisotopic (exact) mass is 190 g/mol. The lowest BCUT2D eigenvalue weighted by Crippen LogP contribution is -1.98. The van der Waals surface area contributed by atoms with Gasteiger partial charge in [-0.3, -0.25) is 0 Å². The lowest BCUT2D eigenvalue weighted by Gasteiger charge is -2.11. The zero-order valence-electron chi connectivity index (χ0n) is 9.21. The van der Waals surface area contributed by atoms with Gasteiger partial charge in [0.2, 0.25) is 0 Å². The van der Waals surface area contributed by atoms with Gasteiger partial charge in [-0.1, -0.05) is 19.9 Å². The molecule has 0 heterocycles. The molecule has 1 fully saturated rings. The van der Waals surface area contributed by atoms with Crippen LogP contribution in [-0.4, -0.2) is 6.10 Å². The summed E-state index contributed by atoms with van der Waals surface area (Å²) < 4.78 is 5.80.